The Bertz CT molecular complexity index is 308. The molecule has 1 aromatic rings. The van der Waals surface area contributed by atoms with Crippen LogP contribution in [0.5, 0.6) is 0 Å². The first kappa shape index (κ1) is 10.9. The van der Waals surface area contributed by atoms with Gasteiger partial charge in [-0.3, -0.25) is 4.79 Å². The van der Waals surface area contributed by atoms with Gasteiger partial charge >= 0.3 is 5.97 Å². The summed E-state index contributed by atoms with van der Waals surface area (Å²) in [5, 5.41) is 8.24. The van der Waals surface area contributed by atoms with Gasteiger partial charge in [-0.2, -0.15) is 0 Å². The van der Waals surface area contributed by atoms with Crippen LogP contribution in [-0.2, 0) is 10.5 Å². The quantitative estimate of drug-likeness (QED) is 0.756. The lowest BCUT2D eigenvalue weighted by atomic mass is 10.2. The van der Waals surface area contributed by atoms with Crippen LogP contribution in [0.3, 0.4) is 0 Å². The van der Waals surface area contributed by atoms with Crippen molar-refractivity contribution in [2.75, 3.05) is 0 Å². The van der Waals surface area contributed by atoms with Gasteiger partial charge in [0.1, 0.15) is 5.25 Å². The molecule has 1 rings (SSSR count). The maximum atomic E-state index is 10.7. The fourth-order valence-electron chi connectivity index (χ4n) is 1.00. The third-order valence-electron chi connectivity index (χ3n) is 1.73. The molecule has 1 atom stereocenters. The molecule has 0 saturated carbocycles. The molecule has 0 saturated heterocycles. The van der Waals surface area contributed by atoms with Crippen LogP contribution in [0.4, 0.5) is 0 Å². The van der Waals surface area contributed by atoms with E-state index in [2.05, 4.69) is 6.58 Å². The van der Waals surface area contributed by atoms with Gasteiger partial charge in [-0.15, -0.1) is 18.3 Å². The Morgan fingerprint density at radius 3 is 2.64 bits per heavy atom. The van der Waals surface area contributed by atoms with Gasteiger partial charge in [-0.1, -0.05) is 36.4 Å². The van der Waals surface area contributed by atoms with Crippen molar-refractivity contribution in [3.63, 3.8) is 0 Å². The Hall–Kier alpha value is -1.22. The molecular formula is C11H12O2S. The number of carboxylic acids is 1. The van der Waals surface area contributed by atoms with Crippen molar-refractivity contribution >= 4 is 17.7 Å². The molecule has 2 nitrogen and oxygen atoms in total. The summed E-state index contributed by atoms with van der Waals surface area (Å²) >= 11 is 1.37. The maximum absolute atomic E-state index is 10.7. The Balaban J connectivity index is 2.47. The molecule has 0 bridgehead atoms. The maximum Gasteiger partial charge on any atom is 0.320 e. The van der Waals surface area contributed by atoms with E-state index >= 15 is 0 Å². The monoisotopic (exact) mass is 208 g/mol. The summed E-state index contributed by atoms with van der Waals surface area (Å²) in [6, 6.07) is 9.79. The molecule has 1 aromatic carbocycles. The zero-order valence-corrected chi connectivity index (χ0v) is 8.54. The molecule has 0 aliphatic carbocycles. The van der Waals surface area contributed by atoms with Crippen molar-refractivity contribution in [2.24, 2.45) is 0 Å². The summed E-state index contributed by atoms with van der Waals surface area (Å²) in [5.74, 6) is -0.134. The minimum Gasteiger partial charge on any atom is -0.480 e. The number of aliphatic carboxylic acids is 1. The van der Waals surface area contributed by atoms with Crippen molar-refractivity contribution in [3.8, 4) is 0 Å². The van der Waals surface area contributed by atoms with E-state index < -0.39 is 11.2 Å². The lowest BCUT2D eigenvalue weighted by Crippen LogP contribution is -2.12. The molecule has 0 spiro atoms. The fourth-order valence-corrected chi connectivity index (χ4v) is 1.84. The Morgan fingerprint density at radius 1 is 1.50 bits per heavy atom. The molecular weight excluding hydrogens is 196 g/mol. The second-order valence-electron chi connectivity index (χ2n) is 2.79. The van der Waals surface area contributed by atoms with Crippen LogP contribution in [-0.4, -0.2) is 16.3 Å². The number of carbonyl (C=O) groups is 1. The number of rotatable bonds is 5. The minimum atomic E-state index is -0.832. The predicted molar refractivity (Wildman–Crippen MR) is 59.4 cm³/mol. The van der Waals surface area contributed by atoms with Crippen LogP contribution < -0.4 is 0 Å². The summed E-state index contributed by atoms with van der Waals surface area (Å²) in [4.78, 5) is 10.7. The van der Waals surface area contributed by atoms with Crippen LogP contribution in [0, 0.1) is 0 Å². The molecule has 74 valence electrons. The van der Waals surface area contributed by atoms with Gasteiger partial charge in [0.2, 0.25) is 0 Å². The van der Waals surface area contributed by atoms with Gasteiger partial charge < -0.3 is 5.11 Å². The third kappa shape index (κ3) is 3.26. The smallest absolute Gasteiger partial charge is 0.320 e. The molecule has 0 aromatic heterocycles. The Morgan fingerprint density at radius 2 is 2.14 bits per heavy atom. The molecule has 0 heterocycles. The zero-order valence-electron chi connectivity index (χ0n) is 7.72. The number of carboxylic acid groups (broad SMARTS) is 1. The summed E-state index contributed by atoms with van der Waals surface area (Å²) in [5.41, 5.74) is 1.13. The van der Waals surface area contributed by atoms with Crippen LogP contribution in [0.25, 0.3) is 0 Å². The highest BCUT2D eigenvalue weighted by Gasteiger charge is 2.12. The van der Waals surface area contributed by atoms with E-state index in [-0.39, 0.29) is 0 Å². The second-order valence-corrected chi connectivity index (χ2v) is 3.92. The van der Waals surface area contributed by atoms with Gasteiger partial charge in [0, 0.05) is 5.75 Å². The SMILES string of the molecule is C=CC(SCc1ccccc1)C(=O)O. The normalized spacial score (nSPS) is 12.0. The molecule has 1 N–H and O–H groups in total. The van der Waals surface area contributed by atoms with Crippen molar-refractivity contribution in [1.29, 1.82) is 0 Å². The third-order valence-corrected chi connectivity index (χ3v) is 2.98. The standard InChI is InChI=1S/C11H12O2S/c1-2-10(11(12)13)14-8-9-6-4-3-5-7-9/h2-7,10H,1,8H2,(H,12,13). The lowest BCUT2D eigenvalue weighted by Gasteiger charge is -2.06. The Kier molecular flexibility index (Phi) is 4.26. The van der Waals surface area contributed by atoms with Crippen LogP contribution in [0.15, 0.2) is 43.0 Å². The van der Waals surface area contributed by atoms with Crippen LogP contribution in [0.2, 0.25) is 0 Å². The Labute approximate surface area is 87.6 Å². The number of hydrogen-bond acceptors (Lipinski definition) is 2. The van der Waals surface area contributed by atoms with E-state index in [1.165, 1.54) is 17.8 Å². The lowest BCUT2D eigenvalue weighted by molar-refractivity contribution is -0.135. The molecule has 0 fully saturated rings. The first-order valence-corrected chi connectivity index (χ1v) is 5.30. The van der Waals surface area contributed by atoms with Gasteiger partial charge in [0.15, 0.2) is 0 Å². The first-order chi connectivity index (χ1) is 6.74. The average Bonchev–Trinajstić information content (AvgIpc) is 2.20. The fraction of sp³-hybridized carbons (Fsp3) is 0.182. The summed E-state index contributed by atoms with van der Waals surface area (Å²) in [6.45, 7) is 3.49. The number of benzene rings is 1. The van der Waals surface area contributed by atoms with Crippen molar-refractivity contribution in [2.45, 2.75) is 11.0 Å². The van der Waals surface area contributed by atoms with E-state index in [0.29, 0.717) is 5.75 Å². The van der Waals surface area contributed by atoms with Crippen molar-refractivity contribution in [1.82, 2.24) is 0 Å². The summed E-state index contributed by atoms with van der Waals surface area (Å²) < 4.78 is 0. The van der Waals surface area contributed by atoms with Crippen LogP contribution >= 0.6 is 11.8 Å². The van der Waals surface area contributed by atoms with E-state index in [4.69, 9.17) is 5.11 Å². The van der Waals surface area contributed by atoms with Crippen LogP contribution in [0.1, 0.15) is 5.56 Å². The molecule has 0 amide bonds. The van der Waals surface area contributed by atoms with Gasteiger partial charge in [0.05, 0.1) is 0 Å². The van der Waals surface area contributed by atoms with E-state index in [0.717, 1.165) is 5.56 Å². The predicted octanol–water partition coefficient (Wildman–Crippen LogP) is 2.56. The van der Waals surface area contributed by atoms with E-state index in [1.54, 1.807) is 0 Å². The number of thioether (sulfide) groups is 1. The summed E-state index contributed by atoms with van der Waals surface area (Å²) in [7, 11) is 0. The highest BCUT2D eigenvalue weighted by Crippen LogP contribution is 2.18. The molecule has 0 radical (unpaired) electrons. The largest absolute Gasteiger partial charge is 0.480 e. The zero-order chi connectivity index (χ0) is 10.4. The van der Waals surface area contributed by atoms with Gasteiger partial charge in [-0.25, -0.2) is 0 Å². The number of hydrogen-bond donors (Lipinski definition) is 1. The second kappa shape index (κ2) is 5.50. The molecule has 14 heavy (non-hydrogen) atoms. The topological polar surface area (TPSA) is 37.3 Å². The molecule has 3 heteroatoms. The summed E-state index contributed by atoms with van der Waals surface area (Å²) in [6.07, 6.45) is 1.45. The van der Waals surface area contributed by atoms with Crippen molar-refractivity contribution in [3.05, 3.63) is 48.6 Å². The van der Waals surface area contributed by atoms with E-state index in [9.17, 15) is 4.79 Å². The van der Waals surface area contributed by atoms with Gasteiger partial charge in [-0.05, 0) is 5.56 Å². The minimum absolute atomic E-state index is 0.518. The highest BCUT2D eigenvalue weighted by molar-refractivity contribution is 8.00. The van der Waals surface area contributed by atoms with Gasteiger partial charge in [0.25, 0.3) is 0 Å². The average molecular weight is 208 g/mol. The highest BCUT2D eigenvalue weighted by atomic mass is 32.2. The molecule has 1 unspecified atom stereocenters. The van der Waals surface area contributed by atoms with E-state index in [1.807, 2.05) is 30.3 Å². The van der Waals surface area contributed by atoms with Crippen molar-refractivity contribution < 1.29 is 9.90 Å². The molecule has 0 aliphatic rings. The first-order valence-electron chi connectivity index (χ1n) is 4.25. The molecule has 0 aliphatic heterocycles.